The third kappa shape index (κ3) is 6.78. The van der Waals surface area contributed by atoms with Crippen molar-refractivity contribution >= 4 is 99.9 Å². The van der Waals surface area contributed by atoms with E-state index in [0.29, 0.717) is 0 Å². The van der Waals surface area contributed by atoms with Crippen LogP contribution in [0.1, 0.15) is 78.0 Å². The van der Waals surface area contributed by atoms with E-state index in [1.165, 1.54) is 100 Å². The zero-order valence-electron chi connectivity index (χ0n) is 42.7. The molecule has 2 aliphatic heterocycles. The predicted molar refractivity (Wildman–Crippen MR) is 313 cm³/mol. The first-order valence-electron chi connectivity index (χ1n) is 26.1. The van der Waals surface area contributed by atoms with Crippen LogP contribution < -0.4 is 25.5 Å². The van der Waals surface area contributed by atoms with Gasteiger partial charge in [0.1, 0.15) is 11.2 Å². The van der Waals surface area contributed by atoms with E-state index in [1.54, 1.807) is 0 Å². The van der Waals surface area contributed by atoms with Gasteiger partial charge >= 0.3 is 0 Å². The Morgan fingerprint density at radius 2 is 1.18 bits per heavy atom. The SMILES string of the molecule is CC(C)(C)c1ccc(N2c3cc(N(c4ccccc4)c4ccccc4)ccc3B3c4sc5cc6c(cc5c4-c4cc(-c5cccc7oc8ccccc8c57)cc2c43)C(C)(C)CCC6(C)C)c(-c2ccccc2)c1. The summed E-state index contributed by atoms with van der Waals surface area (Å²) in [7, 11) is 0. The molecule has 11 aromatic rings. The molecule has 73 heavy (non-hydrogen) atoms. The Labute approximate surface area is 433 Å². The standard InChI is InChI=1S/C68H57BN2OS/c1-66(2,3)44-30-33-56(50(38-44)42-20-11-8-12-21-42)71-57-39-47(70(45-22-13-9-14-23-45)46-24-15-10-16-25-46)31-32-55(57)69-64-52(63-51-40-53-54(41-61(51)73-65(63)69)68(6,7)35-34-67(53,4)5)36-43(37-58(64)71)48-27-19-29-60-62(48)49-26-17-18-28-59(49)72-60/h8-33,36-41H,34-35H2,1-7H3. The number of thiophene rings is 1. The molecule has 354 valence electrons. The van der Waals surface area contributed by atoms with Gasteiger partial charge in [-0.15, -0.1) is 11.3 Å². The summed E-state index contributed by atoms with van der Waals surface area (Å²) in [6.45, 7) is 16.8. The smallest absolute Gasteiger partial charge is 0.260 e. The maximum Gasteiger partial charge on any atom is 0.260 e. The molecule has 0 atom stereocenters. The van der Waals surface area contributed by atoms with Crippen molar-refractivity contribution < 1.29 is 4.42 Å². The molecule has 9 aromatic carbocycles. The van der Waals surface area contributed by atoms with Crippen molar-refractivity contribution in [3.8, 4) is 33.4 Å². The summed E-state index contributed by atoms with van der Waals surface area (Å²) in [4.78, 5) is 5.05. The lowest BCUT2D eigenvalue weighted by atomic mass is 9.39. The molecule has 0 N–H and O–H groups in total. The number of hydrogen-bond acceptors (Lipinski definition) is 4. The third-order valence-electron chi connectivity index (χ3n) is 16.7. The van der Waals surface area contributed by atoms with Gasteiger partial charge < -0.3 is 14.2 Å². The number of hydrogen-bond donors (Lipinski definition) is 0. The summed E-state index contributed by atoms with van der Waals surface area (Å²) in [6.07, 6.45) is 2.36. The Morgan fingerprint density at radius 1 is 0.521 bits per heavy atom. The quantitative estimate of drug-likeness (QED) is 0.155. The maximum absolute atomic E-state index is 6.62. The molecule has 0 radical (unpaired) electrons. The highest BCUT2D eigenvalue weighted by molar-refractivity contribution is 7.34. The molecule has 0 fully saturated rings. The Kier molecular flexibility index (Phi) is 9.64. The maximum atomic E-state index is 6.62. The molecule has 0 unspecified atom stereocenters. The van der Waals surface area contributed by atoms with E-state index in [2.05, 4.69) is 252 Å². The van der Waals surface area contributed by atoms with Crippen molar-refractivity contribution in [1.82, 2.24) is 0 Å². The van der Waals surface area contributed by atoms with Crippen molar-refractivity contribution in [1.29, 1.82) is 0 Å². The fourth-order valence-corrected chi connectivity index (χ4v) is 14.1. The van der Waals surface area contributed by atoms with Crippen molar-refractivity contribution in [3.63, 3.8) is 0 Å². The number of anilines is 6. The molecule has 2 aromatic heterocycles. The fraction of sp³-hybridized carbons (Fsp3) is 0.176. The van der Waals surface area contributed by atoms with Crippen molar-refractivity contribution in [2.24, 2.45) is 0 Å². The third-order valence-corrected chi connectivity index (χ3v) is 17.9. The molecule has 14 rings (SSSR count). The van der Waals surface area contributed by atoms with Gasteiger partial charge in [-0.2, -0.15) is 0 Å². The van der Waals surface area contributed by atoms with E-state index in [0.717, 1.165) is 44.7 Å². The highest BCUT2D eigenvalue weighted by Crippen LogP contribution is 2.53. The minimum absolute atomic E-state index is 0.0336. The van der Waals surface area contributed by atoms with Crippen LogP contribution in [0.4, 0.5) is 34.1 Å². The predicted octanol–water partition coefficient (Wildman–Crippen LogP) is 17.5. The van der Waals surface area contributed by atoms with Gasteiger partial charge in [0.15, 0.2) is 0 Å². The first kappa shape index (κ1) is 44.1. The number of fused-ring (bicyclic) bond motifs is 11. The minimum Gasteiger partial charge on any atom is -0.456 e. The van der Waals surface area contributed by atoms with Gasteiger partial charge in [0.05, 0.1) is 5.69 Å². The van der Waals surface area contributed by atoms with Crippen LogP contribution in [0.3, 0.4) is 0 Å². The van der Waals surface area contributed by atoms with Gasteiger partial charge in [-0.25, -0.2) is 0 Å². The van der Waals surface area contributed by atoms with Crippen LogP contribution in [0, 0.1) is 0 Å². The second-order valence-corrected chi connectivity index (χ2v) is 24.2. The van der Waals surface area contributed by atoms with Crippen LogP contribution in [0.25, 0.3) is 65.4 Å². The first-order valence-corrected chi connectivity index (χ1v) is 26.9. The van der Waals surface area contributed by atoms with Gasteiger partial charge in [-0.05, 0) is 174 Å². The topological polar surface area (TPSA) is 19.6 Å². The van der Waals surface area contributed by atoms with Crippen LogP contribution in [0.5, 0.6) is 0 Å². The lowest BCUT2D eigenvalue weighted by Gasteiger charge is -2.42. The molecule has 4 heterocycles. The zero-order valence-corrected chi connectivity index (χ0v) is 43.5. The van der Waals surface area contributed by atoms with Crippen molar-refractivity contribution in [3.05, 3.63) is 211 Å². The van der Waals surface area contributed by atoms with Gasteiger partial charge in [0.25, 0.3) is 6.71 Å². The van der Waals surface area contributed by atoms with E-state index in [-0.39, 0.29) is 23.0 Å². The second kappa shape index (κ2) is 16.0. The molecule has 1 aliphatic carbocycles. The lowest BCUT2D eigenvalue weighted by molar-refractivity contribution is 0.332. The van der Waals surface area contributed by atoms with E-state index in [9.17, 15) is 0 Å². The number of rotatable bonds is 6. The van der Waals surface area contributed by atoms with Gasteiger partial charge in [0.2, 0.25) is 0 Å². The van der Waals surface area contributed by atoms with E-state index < -0.39 is 0 Å². The Bertz CT molecular complexity index is 3990. The molecular formula is C68H57BN2OS. The number of benzene rings is 9. The minimum atomic E-state index is -0.0580. The summed E-state index contributed by atoms with van der Waals surface area (Å²) in [5.74, 6) is 0. The normalized spacial score (nSPS) is 15.1. The number of furan rings is 1. The van der Waals surface area contributed by atoms with Crippen LogP contribution in [0.2, 0.25) is 0 Å². The second-order valence-electron chi connectivity index (χ2n) is 23.1. The molecular weight excluding hydrogens is 904 g/mol. The van der Waals surface area contributed by atoms with Gasteiger partial charge in [0, 0.05) is 54.9 Å². The molecule has 3 nitrogen and oxygen atoms in total. The van der Waals surface area contributed by atoms with Crippen molar-refractivity contribution in [2.75, 3.05) is 9.80 Å². The molecule has 0 saturated heterocycles. The summed E-state index contributed by atoms with van der Waals surface area (Å²) in [5.41, 5.74) is 23.4. The van der Waals surface area contributed by atoms with Gasteiger partial charge in [-0.3, -0.25) is 0 Å². The molecule has 0 spiro atoms. The van der Waals surface area contributed by atoms with Crippen LogP contribution in [0.15, 0.2) is 199 Å². The number of para-hydroxylation sites is 3. The molecule has 0 bridgehead atoms. The van der Waals surface area contributed by atoms with E-state index in [4.69, 9.17) is 4.42 Å². The highest BCUT2D eigenvalue weighted by Gasteiger charge is 2.47. The summed E-state index contributed by atoms with van der Waals surface area (Å²) >= 11 is 2.03. The molecule has 3 aliphatic rings. The Morgan fingerprint density at radius 3 is 1.89 bits per heavy atom. The molecule has 5 heteroatoms. The average Bonchev–Trinajstić information content (AvgIpc) is 4.09. The van der Waals surface area contributed by atoms with E-state index in [1.807, 2.05) is 11.3 Å². The van der Waals surface area contributed by atoms with Crippen molar-refractivity contribution in [2.45, 2.75) is 77.6 Å². The average molecular weight is 961 g/mol. The lowest BCUT2D eigenvalue weighted by Crippen LogP contribution is -2.54. The fourth-order valence-electron chi connectivity index (χ4n) is 12.7. The number of nitrogens with zero attached hydrogens (tertiary/aromatic N) is 2. The summed E-state index contributed by atoms with van der Waals surface area (Å²) in [6, 6.07) is 72.7. The summed E-state index contributed by atoms with van der Waals surface area (Å²) in [5, 5.41) is 3.67. The first-order chi connectivity index (χ1) is 35.3. The summed E-state index contributed by atoms with van der Waals surface area (Å²) < 4.78 is 9.45. The molecule has 0 saturated carbocycles. The Hall–Kier alpha value is -7.60. The highest BCUT2D eigenvalue weighted by atomic mass is 32.1. The van der Waals surface area contributed by atoms with Gasteiger partial charge in [-0.1, -0.05) is 158 Å². The molecule has 0 amide bonds. The zero-order chi connectivity index (χ0) is 49.5. The van der Waals surface area contributed by atoms with Crippen LogP contribution in [-0.2, 0) is 16.2 Å². The van der Waals surface area contributed by atoms with Crippen LogP contribution >= 0.6 is 11.3 Å². The van der Waals surface area contributed by atoms with E-state index >= 15 is 0 Å². The monoisotopic (exact) mass is 960 g/mol. The Balaban J connectivity index is 1.12. The van der Waals surface area contributed by atoms with Crippen LogP contribution in [-0.4, -0.2) is 6.71 Å². The largest absolute Gasteiger partial charge is 0.456 e.